The molecule has 38 heavy (non-hydrogen) atoms. The van der Waals surface area contributed by atoms with Crippen molar-refractivity contribution in [1.82, 2.24) is 9.78 Å². The first kappa shape index (κ1) is 26.7. The fraction of sp³-hybridized carbons (Fsp3) is 0.0909. The number of benzene rings is 2. The van der Waals surface area contributed by atoms with Crippen LogP contribution in [0.2, 0.25) is 0 Å². The third-order valence-electron chi connectivity index (χ3n) is 5.50. The number of hydrogen-bond donors (Lipinski definition) is 4. The van der Waals surface area contributed by atoms with Crippen LogP contribution in [0, 0.1) is 5.92 Å². The molecule has 0 saturated carbocycles. The number of H-pyrrole nitrogens is 1. The fourth-order valence-electron chi connectivity index (χ4n) is 3.63. The number of carbonyl (C=O) groups excluding carboxylic acids is 1. The number of nitrogens with zero attached hydrogens (tertiary/aromatic N) is 3. The monoisotopic (exact) mass is 562 g/mol. The number of allylic oxidation sites excluding steroid dienone is 1. The highest BCUT2D eigenvalue weighted by Crippen LogP contribution is 2.27. The van der Waals surface area contributed by atoms with E-state index in [2.05, 4.69) is 10.2 Å². The van der Waals surface area contributed by atoms with E-state index in [-0.39, 0.29) is 28.3 Å². The molecule has 1 aromatic heterocycles. The number of hydrazone groups is 1. The van der Waals surface area contributed by atoms with E-state index in [1.165, 1.54) is 42.6 Å². The van der Waals surface area contributed by atoms with Gasteiger partial charge in [-0.2, -0.15) is 26.9 Å². The Labute approximate surface area is 214 Å². The predicted molar refractivity (Wildman–Crippen MR) is 132 cm³/mol. The van der Waals surface area contributed by atoms with Gasteiger partial charge in [-0.25, -0.2) is 9.48 Å². The number of carboxylic acid groups (broad SMARTS) is 1. The maximum absolute atomic E-state index is 12.9. The van der Waals surface area contributed by atoms with Crippen molar-refractivity contribution < 1.29 is 40.6 Å². The van der Waals surface area contributed by atoms with Gasteiger partial charge in [0.15, 0.2) is 5.71 Å². The topological polar surface area (TPSA) is 216 Å². The number of carboxylic acids is 1. The molecular weight excluding hydrogens is 544 g/mol. The third kappa shape index (κ3) is 5.32. The van der Waals surface area contributed by atoms with E-state index in [1.807, 2.05) is 0 Å². The Morgan fingerprint density at radius 2 is 1.45 bits per heavy atom. The van der Waals surface area contributed by atoms with E-state index in [1.54, 1.807) is 0 Å². The average Bonchev–Trinajstić information content (AvgIpc) is 3.38. The number of aromatic nitrogens is 2. The minimum Gasteiger partial charge on any atom is -0.477 e. The van der Waals surface area contributed by atoms with E-state index < -0.39 is 54.2 Å². The molecule has 4 N–H and O–H groups in total. The number of rotatable bonds is 8. The van der Waals surface area contributed by atoms with Crippen LogP contribution in [0.4, 0.5) is 5.69 Å². The molecule has 2 aromatic carbocycles. The normalized spacial score (nSPS) is 16.3. The molecule has 0 fully saturated rings. The van der Waals surface area contributed by atoms with Crippen LogP contribution in [0.5, 0.6) is 0 Å². The number of aliphatic carboxylic acids is 1. The smallest absolute Gasteiger partial charge is 0.352 e. The van der Waals surface area contributed by atoms with Gasteiger partial charge in [0.05, 0.1) is 32.6 Å². The molecule has 1 amide bonds. The molecule has 1 unspecified atom stereocenters. The summed E-state index contributed by atoms with van der Waals surface area (Å²) < 4.78 is 64.1. The minimum absolute atomic E-state index is 0.0844. The summed E-state index contributed by atoms with van der Waals surface area (Å²) >= 11 is 0. The Morgan fingerprint density at radius 3 is 1.95 bits per heavy atom. The molecule has 0 radical (unpaired) electrons. The minimum atomic E-state index is -4.46. The first-order chi connectivity index (χ1) is 17.8. The van der Waals surface area contributed by atoms with Crippen molar-refractivity contribution in [3.05, 3.63) is 76.7 Å². The zero-order valence-electron chi connectivity index (χ0n) is 19.0. The Balaban J connectivity index is 1.52. The molecule has 4 rings (SSSR count). The summed E-state index contributed by atoms with van der Waals surface area (Å²) in [6.45, 7) is 0. The van der Waals surface area contributed by atoms with Gasteiger partial charge in [0, 0.05) is 6.20 Å². The van der Waals surface area contributed by atoms with Crippen molar-refractivity contribution in [3.8, 4) is 5.69 Å². The molecule has 0 spiro atoms. The second kappa shape index (κ2) is 9.82. The molecular formula is C22H18N4O10S2. The SMILES string of the molecule is O=C(O)C1=NN(c2ccc(S(=O)(=O)O)cc2)C(=O)C1CC=Cc1c[nH]n(-c2ccc(S(=O)(=O)O)cc2)c1=O. The van der Waals surface area contributed by atoms with Gasteiger partial charge in [0.1, 0.15) is 0 Å². The van der Waals surface area contributed by atoms with Gasteiger partial charge in [0.25, 0.3) is 31.7 Å². The van der Waals surface area contributed by atoms with Crippen LogP contribution in [0.1, 0.15) is 12.0 Å². The molecule has 0 aliphatic carbocycles. The molecule has 1 aliphatic rings. The van der Waals surface area contributed by atoms with E-state index in [0.717, 1.165) is 34.0 Å². The summed E-state index contributed by atoms with van der Waals surface area (Å²) in [6.07, 6.45) is 4.01. The molecule has 0 saturated heterocycles. The predicted octanol–water partition coefficient (Wildman–Crippen LogP) is 1.17. The molecule has 0 bridgehead atoms. The highest BCUT2D eigenvalue weighted by molar-refractivity contribution is 7.86. The van der Waals surface area contributed by atoms with E-state index in [4.69, 9.17) is 9.11 Å². The van der Waals surface area contributed by atoms with Gasteiger partial charge in [-0.15, -0.1) is 0 Å². The first-order valence-electron chi connectivity index (χ1n) is 10.6. The quantitative estimate of drug-likeness (QED) is 0.287. The third-order valence-corrected chi connectivity index (χ3v) is 7.24. The van der Waals surface area contributed by atoms with Crippen molar-refractivity contribution in [2.45, 2.75) is 16.2 Å². The number of carbonyl (C=O) groups is 2. The van der Waals surface area contributed by atoms with Crippen LogP contribution in [-0.4, -0.2) is 58.4 Å². The summed E-state index contributed by atoms with van der Waals surface area (Å²) in [7, 11) is -8.86. The molecule has 3 aromatic rings. The summed E-state index contributed by atoms with van der Waals surface area (Å²) in [6, 6.07) is 9.29. The Morgan fingerprint density at radius 1 is 0.921 bits per heavy atom. The van der Waals surface area contributed by atoms with Gasteiger partial charge in [0.2, 0.25) is 0 Å². The zero-order valence-corrected chi connectivity index (χ0v) is 20.6. The highest BCUT2D eigenvalue weighted by atomic mass is 32.2. The van der Waals surface area contributed by atoms with Gasteiger partial charge in [-0.3, -0.25) is 23.8 Å². The molecule has 16 heteroatoms. The largest absolute Gasteiger partial charge is 0.477 e. The maximum Gasteiger partial charge on any atom is 0.352 e. The van der Waals surface area contributed by atoms with Crippen molar-refractivity contribution in [3.63, 3.8) is 0 Å². The second-order valence-corrected chi connectivity index (χ2v) is 10.8. The number of anilines is 1. The van der Waals surface area contributed by atoms with Crippen LogP contribution in [0.3, 0.4) is 0 Å². The zero-order chi connectivity index (χ0) is 27.8. The van der Waals surface area contributed by atoms with E-state index in [0.29, 0.717) is 0 Å². The molecule has 2 heterocycles. The van der Waals surface area contributed by atoms with Crippen molar-refractivity contribution in [2.24, 2.45) is 11.0 Å². The summed E-state index contributed by atoms with van der Waals surface area (Å²) in [5.74, 6) is -3.33. The van der Waals surface area contributed by atoms with Crippen molar-refractivity contribution >= 4 is 49.6 Å². The van der Waals surface area contributed by atoms with Crippen LogP contribution >= 0.6 is 0 Å². The second-order valence-electron chi connectivity index (χ2n) is 7.94. The summed E-state index contributed by atoms with van der Waals surface area (Å²) in [4.78, 5) is 36.6. The number of nitrogens with one attached hydrogen (secondary N) is 1. The van der Waals surface area contributed by atoms with Crippen molar-refractivity contribution in [1.29, 1.82) is 0 Å². The van der Waals surface area contributed by atoms with E-state index >= 15 is 0 Å². The van der Waals surface area contributed by atoms with Gasteiger partial charge in [-0.1, -0.05) is 12.2 Å². The van der Waals surface area contributed by atoms with Crippen LogP contribution in [0.25, 0.3) is 11.8 Å². The number of amides is 1. The molecule has 1 atom stereocenters. The lowest BCUT2D eigenvalue weighted by atomic mass is 9.98. The molecule has 14 nitrogen and oxygen atoms in total. The lowest BCUT2D eigenvalue weighted by Crippen LogP contribution is -2.29. The van der Waals surface area contributed by atoms with Gasteiger partial charge >= 0.3 is 5.97 Å². The standard InChI is InChI=1S/C22H18N4O10S2/c27-20-13(12-23-25(20)14-4-8-16(9-5-14)37(31,32)33)2-1-3-18-19(22(29)30)24-26(21(18)28)15-6-10-17(11-7-15)38(34,35)36/h1-2,4-12,18,23H,3H2,(H,29,30)(H,31,32,33)(H,34,35,36). The van der Waals surface area contributed by atoms with Gasteiger partial charge < -0.3 is 5.11 Å². The molecule has 198 valence electrons. The summed E-state index contributed by atoms with van der Waals surface area (Å²) in [5, 5.41) is 16.9. The highest BCUT2D eigenvalue weighted by Gasteiger charge is 2.39. The van der Waals surface area contributed by atoms with Crippen molar-refractivity contribution in [2.75, 3.05) is 5.01 Å². The Hall–Kier alpha value is -4.38. The number of aromatic amines is 1. The Bertz CT molecular complexity index is 1750. The fourth-order valence-corrected chi connectivity index (χ4v) is 4.59. The average molecular weight is 563 g/mol. The lowest BCUT2D eigenvalue weighted by molar-refractivity contribution is -0.130. The first-order valence-corrected chi connectivity index (χ1v) is 13.4. The lowest BCUT2D eigenvalue weighted by Gasteiger charge is -2.13. The Kier molecular flexibility index (Phi) is 6.90. The number of hydrogen-bond acceptors (Lipinski definition) is 8. The summed E-state index contributed by atoms with van der Waals surface area (Å²) in [5.41, 5.74) is -0.457. The van der Waals surface area contributed by atoms with Gasteiger partial charge in [-0.05, 0) is 55.0 Å². The van der Waals surface area contributed by atoms with E-state index in [9.17, 15) is 36.3 Å². The van der Waals surface area contributed by atoms with Crippen LogP contribution in [0.15, 0.2) is 80.5 Å². The van der Waals surface area contributed by atoms with Crippen LogP contribution < -0.4 is 10.6 Å². The maximum atomic E-state index is 12.9. The van der Waals surface area contributed by atoms with Crippen LogP contribution in [-0.2, 0) is 29.8 Å². The molecule has 1 aliphatic heterocycles.